The summed E-state index contributed by atoms with van der Waals surface area (Å²) < 4.78 is 6.40. The summed E-state index contributed by atoms with van der Waals surface area (Å²) in [5, 5.41) is 8.34. The average Bonchev–Trinajstić information content (AvgIpc) is 3.44. The zero-order valence-electron chi connectivity index (χ0n) is 22.0. The van der Waals surface area contributed by atoms with Crippen molar-refractivity contribution in [3.05, 3.63) is 112 Å². The van der Waals surface area contributed by atoms with Crippen LogP contribution in [0.15, 0.2) is 96.4 Å². The van der Waals surface area contributed by atoms with Gasteiger partial charge in [-0.05, 0) is 35.1 Å². The standard InChI is InChI=1S/C32H33N3O3S/c1-23(36)34-30(21-25-12-6-3-7-13-25)38-29-15-9-8-14-27(29)28-16-19-39-31(28)32(37)35-18-17-33-22-26(35)20-24-10-4-2-5-11-24/h2-16,19,26,30,33H,17-18,20-22H2,1H3,(H,34,36)/t26-,30?/m1/s1. The Kier molecular flexibility index (Phi) is 8.71. The highest BCUT2D eigenvalue weighted by molar-refractivity contribution is 7.12. The lowest BCUT2D eigenvalue weighted by molar-refractivity contribution is -0.121. The Morgan fingerprint density at radius 1 is 0.949 bits per heavy atom. The van der Waals surface area contributed by atoms with Crippen LogP contribution in [-0.2, 0) is 17.6 Å². The molecule has 39 heavy (non-hydrogen) atoms. The van der Waals surface area contributed by atoms with Crippen LogP contribution >= 0.6 is 11.3 Å². The summed E-state index contributed by atoms with van der Waals surface area (Å²) in [4.78, 5) is 28.7. The Labute approximate surface area is 233 Å². The van der Waals surface area contributed by atoms with E-state index in [2.05, 4.69) is 22.8 Å². The van der Waals surface area contributed by atoms with E-state index in [-0.39, 0.29) is 17.9 Å². The van der Waals surface area contributed by atoms with Crippen LogP contribution in [0.3, 0.4) is 0 Å². The van der Waals surface area contributed by atoms with Crippen molar-refractivity contribution in [2.75, 3.05) is 19.6 Å². The number of hydrogen-bond acceptors (Lipinski definition) is 5. The van der Waals surface area contributed by atoms with Gasteiger partial charge >= 0.3 is 0 Å². The molecule has 2 atom stereocenters. The lowest BCUT2D eigenvalue weighted by Crippen LogP contribution is -2.54. The fourth-order valence-corrected chi connectivity index (χ4v) is 5.90. The second-order valence-corrected chi connectivity index (χ2v) is 10.6. The predicted molar refractivity (Wildman–Crippen MR) is 156 cm³/mol. The van der Waals surface area contributed by atoms with E-state index in [0.29, 0.717) is 23.6 Å². The molecule has 1 saturated heterocycles. The highest BCUT2D eigenvalue weighted by Gasteiger charge is 2.30. The smallest absolute Gasteiger partial charge is 0.264 e. The van der Waals surface area contributed by atoms with Crippen molar-refractivity contribution < 1.29 is 14.3 Å². The summed E-state index contributed by atoms with van der Waals surface area (Å²) in [6.07, 6.45) is 0.775. The van der Waals surface area contributed by atoms with E-state index in [1.165, 1.54) is 23.8 Å². The monoisotopic (exact) mass is 539 g/mol. The summed E-state index contributed by atoms with van der Waals surface area (Å²) in [7, 11) is 0. The van der Waals surface area contributed by atoms with E-state index < -0.39 is 6.23 Å². The molecule has 0 bridgehead atoms. The normalized spacial score (nSPS) is 15.9. The molecular formula is C32H33N3O3S. The van der Waals surface area contributed by atoms with Gasteiger partial charge in [0.1, 0.15) is 5.75 Å². The van der Waals surface area contributed by atoms with Crippen LogP contribution in [0.1, 0.15) is 27.7 Å². The van der Waals surface area contributed by atoms with Gasteiger partial charge in [-0.15, -0.1) is 11.3 Å². The Morgan fingerprint density at radius 3 is 2.38 bits per heavy atom. The molecule has 0 spiro atoms. The molecule has 4 aromatic rings. The topological polar surface area (TPSA) is 70.7 Å². The third-order valence-corrected chi connectivity index (χ3v) is 7.76. The first kappa shape index (κ1) is 26.7. The van der Waals surface area contributed by atoms with Crippen molar-refractivity contribution in [3.8, 4) is 16.9 Å². The van der Waals surface area contributed by atoms with Crippen LogP contribution < -0.4 is 15.4 Å². The molecule has 5 rings (SSSR count). The number of para-hydroxylation sites is 1. The second kappa shape index (κ2) is 12.7. The molecule has 6 nitrogen and oxygen atoms in total. The maximum Gasteiger partial charge on any atom is 0.264 e. The van der Waals surface area contributed by atoms with Crippen molar-refractivity contribution in [3.63, 3.8) is 0 Å². The van der Waals surface area contributed by atoms with Crippen molar-refractivity contribution in [2.45, 2.75) is 32.0 Å². The number of hydrogen-bond donors (Lipinski definition) is 2. The SMILES string of the molecule is CC(=O)NC(Cc1ccccc1)Oc1ccccc1-c1ccsc1C(=O)N1CCNC[C@H]1Cc1ccccc1. The Bertz CT molecular complexity index is 1390. The molecular weight excluding hydrogens is 506 g/mol. The summed E-state index contributed by atoms with van der Waals surface area (Å²) in [6.45, 7) is 3.68. The number of amides is 2. The molecule has 0 radical (unpaired) electrons. The molecule has 3 aromatic carbocycles. The van der Waals surface area contributed by atoms with Gasteiger partial charge < -0.3 is 20.3 Å². The van der Waals surface area contributed by atoms with E-state index in [0.717, 1.165) is 36.2 Å². The number of rotatable bonds is 9. The molecule has 2 heterocycles. The number of carbonyl (C=O) groups is 2. The van der Waals surface area contributed by atoms with Gasteiger partial charge in [-0.1, -0.05) is 78.9 Å². The molecule has 0 aliphatic carbocycles. The molecule has 200 valence electrons. The molecule has 1 aromatic heterocycles. The van der Waals surface area contributed by atoms with Crippen LogP contribution in [0.4, 0.5) is 0 Å². The van der Waals surface area contributed by atoms with Crippen LogP contribution in [-0.4, -0.2) is 48.6 Å². The van der Waals surface area contributed by atoms with E-state index in [4.69, 9.17) is 4.74 Å². The number of nitrogens with one attached hydrogen (secondary N) is 2. The van der Waals surface area contributed by atoms with Crippen molar-refractivity contribution in [1.82, 2.24) is 15.5 Å². The van der Waals surface area contributed by atoms with Gasteiger partial charge in [0.2, 0.25) is 5.91 Å². The summed E-state index contributed by atoms with van der Waals surface area (Å²) in [5.74, 6) is 0.503. The molecule has 2 amide bonds. The predicted octanol–water partition coefficient (Wildman–Crippen LogP) is 5.16. The Morgan fingerprint density at radius 2 is 1.64 bits per heavy atom. The summed E-state index contributed by atoms with van der Waals surface area (Å²) in [5.41, 5.74) is 3.96. The lowest BCUT2D eigenvalue weighted by Gasteiger charge is -2.36. The molecule has 1 aliphatic rings. The summed E-state index contributed by atoms with van der Waals surface area (Å²) >= 11 is 1.46. The lowest BCUT2D eigenvalue weighted by atomic mass is 10.0. The van der Waals surface area contributed by atoms with Gasteiger partial charge in [-0.3, -0.25) is 9.59 Å². The van der Waals surface area contributed by atoms with Gasteiger partial charge in [-0.25, -0.2) is 0 Å². The fraction of sp³-hybridized carbons (Fsp3) is 0.250. The van der Waals surface area contributed by atoms with Crippen LogP contribution in [0, 0.1) is 0 Å². The third-order valence-electron chi connectivity index (χ3n) is 6.86. The Hall–Kier alpha value is -3.94. The quantitative estimate of drug-likeness (QED) is 0.289. The van der Waals surface area contributed by atoms with Crippen LogP contribution in [0.2, 0.25) is 0 Å². The third kappa shape index (κ3) is 6.74. The summed E-state index contributed by atoms with van der Waals surface area (Å²) in [6, 6.07) is 30.0. The van der Waals surface area contributed by atoms with Gasteiger partial charge in [0.25, 0.3) is 5.91 Å². The number of thiophene rings is 1. The van der Waals surface area contributed by atoms with E-state index in [1.54, 1.807) is 0 Å². The minimum absolute atomic E-state index is 0.0416. The first-order chi connectivity index (χ1) is 19.1. The zero-order chi connectivity index (χ0) is 27.0. The van der Waals surface area contributed by atoms with Crippen molar-refractivity contribution in [1.29, 1.82) is 0 Å². The minimum Gasteiger partial charge on any atom is -0.470 e. The maximum atomic E-state index is 14.0. The highest BCUT2D eigenvalue weighted by Crippen LogP contribution is 2.36. The van der Waals surface area contributed by atoms with Crippen molar-refractivity contribution >= 4 is 23.2 Å². The minimum atomic E-state index is -0.549. The Balaban J connectivity index is 1.40. The highest BCUT2D eigenvalue weighted by atomic mass is 32.1. The van der Waals surface area contributed by atoms with Gasteiger partial charge in [0.05, 0.1) is 4.88 Å². The molecule has 1 aliphatic heterocycles. The molecule has 2 N–H and O–H groups in total. The molecule has 1 unspecified atom stereocenters. The number of nitrogens with zero attached hydrogens (tertiary/aromatic N) is 1. The molecule has 0 saturated carbocycles. The number of ether oxygens (including phenoxy) is 1. The van der Waals surface area contributed by atoms with Crippen LogP contribution in [0.25, 0.3) is 11.1 Å². The van der Waals surface area contributed by atoms with E-state index in [1.807, 2.05) is 89.1 Å². The molecule has 1 fully saturated rings. The van der Waals surface area contributed by atoms with E-state index >= 15 is 0 Å². The van der Waals surface area contributed by atoms with Gasteiger partial charge in [0.15, 0.2) is 6.23 Å². The van der Waals surface area contributed by atoms with Crippen molar-refractivity contribution in [2.24, 2.45) is 0 Å². The van der Waals surface area contributed by atoms with Gasteiger partial charge in [0, 0.05) is 50.1 Å². The van der Waals surface area contributed by atoms with Crippen LogP contribution in [0.5, 0.6) is 5.75 Å². The second-order valence-electron chi connectivity index (χ2n) is 9.70. The first-order valence-corrected chi connectivity index (χ1v) is 14.2. The number of piperazine rings is 1. The molecule has 7 heteroatoms. The fourth-order valence-electron chi connectivity index (χ4n) is 5.04. The number of carbonyl (C=O) groups excluding carboxylic acids is 2. The maximum absolute atomic E-state index is 14.0. The average molecular weight is 540 g/mol. The van der Waals surface area contributed by atoms with Gasteiger partial charge in [-0.2, -0.15) is 0 Å². The first-order valence-electron chi connectivity index (χ1n) is 13.3. The zero-order valence-corrected chi connectivity index (χ0v) is 22.8. The van der Waals surface area contributed by atoms with E-state index in [9.17, 15) is 9.59 Å². The largest absolute Gasteiger partial charge is 0.470 e. The number of benzene rings is 3.